The number of nitrogens with two attached hydrogens (primary N) is 1. The zero-order valence-corrected chi connectivity index (χ0v) is 15.5. The molecule has 2 amide bonds. The Morgan fingerprint density at radius 1 is 1.04 bits per heavy atom. The molecule has 144 valence electrons. The number of nitrogens with one attached hydrogen (secondary N) is 1. The summed E-state index contributed by atoms with van der Waals surface area (Å²) < 4.78 is 5.80. The Bertz CT molecular complexity index is 758. The van der Waals surface area contributed by atoms with Crippen LogP contribution >= 0.6 is 0 Å². The lowest BCUT2D eigenvalue weighted by Crippen LogP contribution is -2.41. The molecule has 0 aliphatic rings. The van der Waals surface area contributed by atoms with Gasteiger partial charge in [0.15, 0.2) is 0 Å². The number of likely N-dealkylation sites (N-methyl/N-ethyl adjacent to an activating group) is 1. The fourth-order valence-electron chi connectivity index (χ4n) is 2.54. The van der Waals surface area contributed by atoms with E-state index in [1.165, 1.54) is 4.90 Å². The first-order valence-electron chi connectivity index (χ1n) is 8.64. The van der Waals surface area contributed by atoms with Crippen LogP contribution in [0.5, 0.6) is 11.5 Å². The number of ether oxygens (including phenoxy) is 1. The van der Waals surface area contributed by atoms with Crippen molar-refractivity contribution in [3.63, 3.8) is 0 Å². The maximum absolute atomic E-state index is 11.8. The predicted octanol–water partition coefficient (Wildman–Crippen LogP) is 1.87. The van der Waals surface area contributed by atoms with Crippen molar-refractivity contribution in [3.05, 3.63) is 59.7 Å². The van der Waals surface area contributed by atoms with Crippen molar-refractivity contribution >= 4 is 11.8 Å². The van der Waals surface area contributed by atoms with Gasteiger partial charge in [-0.3, -0.25) is 14.8 Å². The molecule has 0 unspecified atom stereocenters. The zero-order valence-electron chi connectivity index (χ0n) is 15.5. The molecule has 0 spiro atoms. The third-order valence-corrected chi connectivity index (χ3v) is 4.06. The molecule has 7 heteroatoms. The molecule has 0 fully saturated rings. The van der Waals surface area contributed by atoms with Gasteiger partial charge < -0.3 is 15.4 Å². The van der Waals surface area contributed by atoms with Crippen LogP contribution in [0.15, 0.2) is 48.5 Å². The Hall–Kier alpha value is -2.90. The van der Waals surface area contributed by atoms with Crippen molar-refractivity contribution in [1.82, 2.24) is 10.4 Å². The molecular formula is C20H25N3O4. The monoisotopic (exact) mass is 371 g/mol. The Morgan fingerprint density at radius 3 is 2.04 bits per heavy atom. The van der Waals surface area contributed by atoms with Crippen LogP contribution in [0.3, 0.4) is 0 Å². The average Bonchev–Trinajstić information content (AvgIpc) is 2.67. The number of aryl methyl sites for hydroxylation is 1. The van der Waals surface area contributed by atoms with Gasteiger partial charge in [0.05, 0.1) is 6.04 Å². The van der Waals surface area contributed by atoms with E-state index < -0.39 is 11.9 Å². The van der Waals surface area contributed by atoms with E-state index >= 15 is 0 Å². The minimum atomic E-state index is -0.563. The van der Waals surface area contributed by atoms with E-state index in [4.69, 9.17) is 15.7 Å². The lowest BCUT2D eigenvalue weighted by molar-refractivity contribution is -0.130. The Balaban J connectivity index is 1.90. The van der Waals surface area contributed by atoms with Crippen molar-refractivity contribution in [2.24, 2.45) is 5.73 Å². The summed E-state index contributed by atoms with van der Waals surface area (Å²) in [7, 11) is 3.37. The van der Waals surface area contributed by atoms with E-state index in [1.54, 1.807) is 19.6 Å². The summed E-state index contributed by atoms with van der Waals surface area (Å²) >= 11 is 0. The lowest BCUT2D eigenvalue weighted by Gasteiger charge is -2.16. The van der Waals surface area contributed by atoms with Crippen LogP contribution < -0.4 is 16.0 Å². The van der Waals surface area contributed by atoms with Crippen LogP contribution in [-0.2, 0) is 22.4 Å². The highest BCUT2D eigenvalue weighted by Crippen LogP contribution is 2.22. The van der Waals surface area contributed by atoms with Gasteiger partial charge in [0.25, 0.3) is 0 Å². The summed E-state index contributed by atoms with van der Waals surface area (Å²) in [6, 6.07) is 14.3. The van der Waals surface area contributed by atoms with Crippen molar-refractivity contribution in [2.75, 3.05) is 14.1 Å². The number of rotatable bonds is 8. The van der Waals surface area contributed by atoms with Gasteiger partial charge in [-0.15, -0.1) is 0 Å². The molecule has 0 saturated heterocycles. The van der Waals surface area contributed by atoms with Crippen LogP contribution in [0.1, 0.15) is 17.5 Å². The maximum Gasteiger partial charge on any atom is 0.243 e. The topological polar surface area (TPSA) is 105 Å². The predicted molar refractivity (Wildman–Crippen MR) is 102 cm³/mol. The van der Waals surface area contributed by atoms with Crippen LogP contribution in [0, 0.1) is 0 Å². The number of hydrogen-bond donors (Lipinski definition) is 3. The number of hydrogen-bond acceptors (Lipinski definition) is 5. The van der Waals surface area contributed by atoms with Gasteiger partial charge in [-0.05, 0) is 48.2 Å². The number of amides is 2. The van der Waals surface area contributed by atoms with E-state index in [-0.39, 0.29) is 12.3 Å². The van der Waals surface area contributed by atoms with Crippen LogP contribution in [-0.4, -0.2) is 42.1 Å². The van der Waals surface area contributed by atoms with Gasteiger partial charge in [0.1, 0.15) is 11.5 Å². The van der Waals surface area contributed by atoms with Gasteiger partial charge in [-0.1, -0.05) is 24.3 Å². The molecule has 2 aromatic carbocycles. The number of nitrogens with zero attached hydrogens (tertiary/aromatic N) is 1. The van der Waals surface area contributed by atoms with Crippen LogP contribution in [0.2, 0.25) is 0 Å². The lowest BCUT2D eigenvalue weighted by atomic mass is 10.1. The summed E-state index contributed by atoms with van der Waals surface area (Å²) in [5.74, 6) is 0.838. The first kappa shape index (κ1) is 20.4. The molecule has 0 saturated carbocycles. The van der Waals surface area contributed by atoms with Crippen molar-refractivity contribution < 1.29 is 19.5 Å². The summed E-state index contributed by atoms with van der Waals surface area (Å²) in [4.78, 5) is 24.4. The second-order valence-corrected chi connectivity index (χ2v) is 6.47. The SMILES string of the molecule is CN(C)C(=O)[C@H](N)Cc1ccc(Oc2ccc(CCC(=O)NO)cc2)cc1. The summed E-state index contributed by atoms with van der Waals surface area (Å²) in [5, 5.41) is 8.49. The highest BCUT2D eigenvalue weighted by molar-refractivity contribution is 5.81. The molecule has 2 aromatic rings. The first-order valence-corrected chi connectivity index (χ1v) is 8.64. The van der Waals surface area contributed by atoms with Gasteiger partial charge in [-0.2, -0.15) is 0 Å². The van der Waals surface area contributed by atoms with E-state index in [9.17, 15) is 9.59 Å². The molecule has 0 aliphatic heterocycles. The molecule has 2 rings (SSSR count). The van der Waals surface area contributed by atoms with E-state index in [0.717, 1.165) is 11.1 Å². The highest BCUT2D eigenvalue weighted by atomic mass is 16.5. The molecule has 0 bridgehead atoms. The molecular weight excluding hydrogens is 346 g/mol. The fraction of sp³-hybridized carbons (Fsp3) is 0.300. The van der Waals surface area contributed by atoms with Crippen molar-refractivity contribution in [2.45, 2.75) is 25.3 Å². The Morgan fingerprint density at radius 2 is 1.56 bits per heavy atom. The number of hydroxylamine groups is 1. The number of carbonyl (C=O) groups is 2. The standard InChI is InChI=1S/C20H25N3O4/c1-23(2)20(25)18(21)13-15-5-10-17(11-6-15)27-16-8-3-14(4-9-16)7-12-19(24)22-26/h3-6,8-11,18,26H,7,12-13,21H2,1-2H3,(H,22,24)/t18-/m1/s1. The molecule has 1 atom stereocenters. The quantitative estimate of drug-likeness (QED) is 0.485. The maximum atomic E-state index is 11.8. The molecule has 4 N–H and O–H groups in total. The summed E-state index contributed by atoms with van der Waals surface area (Å²) in [6.07, 6.45) is 1.22. The second kappa shape index (κ2) is 9.70. The highest BCUT2D eigenvalue weighted by Gasteiger charge is 2.15. The normalized spacial score (nSPS) is 11.6. The summed E-state index contributed by atoms with van der Waals surface area (Å²) in [6.45, 7) is 0. The molecule has 0 aliphatic carbocycles. The minimum absolute atomic E-state index is 0.105. The molecule has 0 heterocycles. The molecule has 0 aromatic heterocycles. The van der Waals surface area contributed by atoms with Crippen molar-refractivity contribution in [3.8, 4) is 11.5 Å². The Labute approximate surface area is 158 Å². The second-order valence-electron chi connectivity index (χ2n) is 6.47. The minimum Gasteiger partial charge on any atom is -0.457 e. The summed E-state index contributed by atoms with van der Waals surface area (Å²) in [5.41, 5.74) is 9.47. The Kier molecular flexibility index (Phi) is 7.34. The van der Waals surface area contributed by atoms with Gasteiger partial charge in [0, 0.05) is 20.5 Å². The fourth-order valence-corrected chi connectivity index (χ4v) is 2.54. The number of benzene rings is 2. The third-order valence-electron chi connectivity index (χ3n) is 4.06. The van der Waals surface area contributed by atoms with Gasteiger partial charge in [-0.25, -0.2) is 5.48 Å². The zero-order chi connectivity index (χ0) is 19.8. The van der Waals surface area contributed by atoms with E-state index in [0.29, 0.717) is 24.3 Å². The first-order chi connectivity index (χ1) is 12.9. The molecule has 0 radical (unpaired) electrons. The van der Waals surface area contributed by atoms with Crippen LogP contribution in [0.25, 0.3) is 0 Å². The van der Waals surface area contributed by atoms with E-state index in [2.05, 4.69) is 0 Å². The smallest absolute Gasteiger partial charge is 0.243 e. The van der Waals surface area contributed by atoms with Gasteiger partial charge >= 0.3 is 0 Å². The molecule has 7 nitrogen and oxygen atoms in total. The largest absolute Gasteiger partial charge is 0.457 e. The molecule has 27 heavy (non-hydrogen) atoms. The van der Waals surface area contributed by atoms with Crippen molar-refractivity contribution in [1.29, 1.82) is 0 Å². The van der Waals surface area contributed by atoms with E-state index in [1.807, 2.05) is 48.5 Å². The third kappa shape index (κ3) is 6.40. The van der Waals surface area contributed by atoms with Gasteiger partial charge in [0.2, 0.25) is 11.8 Å². The van der Waals surface area contributed by atoms with Crippen LogP contribution in [0.4, 0.5) is 0 Å². The number of carbonyl (C=O) groups excluding carboxylic acids is 2. The average molecular weight is 371 g/mol.